The van der Waals surface area contributed by atoms with Crippen molar-refractivity contribution in [2.45, 2.75) is 32.6 Å². The van der Waals surface area contributed by atoms with Gasteiger partial charge in [0.25, 0.3) is 0 Å². The summed E-state index contributed by atoms with van der Waals surface area (Å²) in [6.07, 6.45) is 6.26. The number of aryl methyl sites for hydroxylation is 1. The van der Waals surface area contributed by atoms with Crippen LogP contribution in [0.1, 0.15) is 23.2 Å². The van der Waals surface area contributed by atoms with Crippen molar-refractivity contribution < 1.29 is 4.79 Å². The summed E-state index contributed by atoms with van der Waals surface area (Å²) in [4.78, 5) is 24.0. The number of imidazole rings is 1. The minimum Gasteiger partial charge on any atom is -0.337 e. The van der Waals surface area contributed by atoms with Crippen molar-refractivity contribution in [1.29, 1.82) is 0 Å². The first-order valence-corrected chi connectivity index (χ1v) is 14.4. The Morgan fingerprint density at radius 3 is 2.52 bits per heavy atom. The van der Waals surface area contributed by atoms with Crippen LogP contribution in [0.4, 0.5) is 10.5 Å². The number of nitrogens with one attached hydrogen (secondary N) is 2. The molecule has 0 atom stereocenters. The number of benzene rings is 3. The molecule has 0 unspecified atom stereocenters. The summed E-state index contributed by atoms with van der Waals surface area (Å²) in [6, 6.07) is 25.9. The molecule has 2 heterocycles. The van der Waals surface area contributed by atoms with E-state index in [9.17, 15) is 4.79 Å². The molecule has 2 amide bonds. The SMILES string of the molecule is O=C(Nc1cccc(Cl)c1)N(CCCn1ccnc1)Cc1csc(-c2ccc(CNCc3ccccc3)cc2)n1. The number of carbonyl (C=O) groups is 1. The lowest BCUT2D eigenvalue weighted by atomic mass is 10.1. The lowest BCUT2D eigenvalue weighted by Crippen LogP contribution is -2.35. The maximum Gasteiger partial charge on any atom is 0.322 e. The van der Waals surface area contributed by atoms with Gasteiger partial charge in [-0.1, -0.05) is 72.3 Å². The van der Waals surface area contributed by atoms with E-state index in [1.807, 2.05) is 34.3 Å². The number of urea groups is 1. The number of anilines is 1. The number of thiazole rings is 1. The molecule has 204 valence electrons. The highest BCUT2D eigenvalue weighted by atomic mass is 35.5. The Morgan fingerprint density at radius 2 is 1.77 bits per heavy atom. The number of aromatic nitrogens is 3. The highest BCUT2D eigenvalue weighted by molar-refractivity contribution is 7.13. The summed E-state index contributed by atoms with van der Waals surface area (Å²) in [5.41, 5.74) is 5.08. The number of amides is 2. The molecule has 5 rings (SSSR count). The zero-order valence-corrected chi connectivity index (χ0v) is 23.6. The molecule has 0 fully saturated rings. The Kier molecular flexibility index (Phi) is 9.58. The van der Waals surface area contributed by atoms with Crippen molar-refractivity contribution in [3.8, 4) is 10.6 Å². The van der Waals surface area contributed by atoms with E-state index in [2.05, 4.69) is 64.1 Å². The van der Waals surface area contributed by atoms with Crippen LogP contribution in [-0.4, -0.2) is 32.0 Å². The molecule has 0 aliphatic carbocycles. The molecular formula is C31H31ClN6OS. The third kappa shape index (κ3) is 8.02. The normalized spacial score (nSPS) is 10.9. The number of carbonyl (C=O) groups excluding carboxylic acids is 1. The monoisotopic (exact) mass is 570 g/mol. The van der Waals surface area contributed by atoms with Gasteiger partial charge in [0.2, 0.25) is 0 Å². The number of rotatable bonds is 12. The van der Waals surface area contributed by atoms with Crippen molar-refractivity contribution >= 4 is 34.7 Å². The first-order valence-electron chi connectivity index (χ1n) is 13.2. The second-order valence-electron chi connectivity index (χ2n) is 9.45. The van der Waals surface area contributed by atoms with Crippen LogP contribution < -0.4 is 10.6 Å². The van der Waals surface area contributed by atoms with Crippen LogP contribution >= 0.6 is 22.9 Å². The fourth-order valence-electron chi connectivity index (χ4n) is 4.30. The van der Waals surface area contributed by atoms with E-state index >= 15 is 0 Å². The number of halogens is 1. The first kappa shape index (κ1) is 27.6. The molecule has 2 N–H and O–H groups in total. The maximum atomic E-state index is 13.2. The van der Waals surface area contributed by atoms with Gasteiger partial charge in [0.15, 0.2) is 0 Å². The Balaban J connectivity index is 1.20. The average molecular weight is 571 g/mol. The number of hydrogen-bond acceptors (Lipinski definition) is 5. The van der Waals surface area contributed by atoms with Crippen molar-refractivity contribution in [3.63, 3.8) is 0 Å². The standard InChI is InChI=1S/C31H31ClN6OS/c32-27-8-4-9-28(18-27)36-31(39)38(16-5-15-37-17-14-33-23-37)21-29-22-40-30(35-29)26-12-10-25(11-13-26)20-34-19-24-6-2-1-3-7-24/h1-4,6-14,17-18,22-23,34H,5,15-16,19-21H2,(H,36,39). The molecule has 0 aliphatic rings. The summed E-state index contributed by atoms with van der Waals surface area (Å²) >= 11 is 7.70. The smallest absolute Gasteiger partial charge is 0.322 e. The minimum absolute atomic E-state index is 0.185. The van der Waals surface area contributed by atoms with Crippen LogP contribution in [0.3, 0.4) is 0 Å². The Hall–Kier alpha value is -3.98. The van der Waals surface area contributed by atoms with Gasteiger partial charge in [0, 0.05) is 60.2 Å². The highest BCUT2D eigenvalue weighted by Crippen LogP contribution is 2.25. The van der Waals surface area contributed by atoms with E-state index < -0.39 is 0 Å². The predicted molar refractivity (Wildman–Crippen MR) is 162 cm³/mol. The third-order valence-electron chi connectivity index (χ3n) is 6.37. The molecular weight excluding hydrogens is 540 g/mol. The van der Waals surface area contributed by atoms with Gasteiger partial charge in [0.05, 0.1) is 18.6 Å². The van der Waals surface area contributed by atoms with Crippen LogP contribution in [0.2, 0.25) is 5.02 Å². The summed E-state index contributed by atoms with van der Waals surface area (Å²) in [6.45, 7) is 3.39. The van der Waals surface area contributed by atoms with Crippen LogP contribution in [0.15, 0.2) is 103 Å². The van der Waals surface area contributed by atoms with Gasteiger partial charge >= 0.3 is 6.03 Å². The van der Waals surface area contributed by atoms with Gasteiger partial charge < -0.3 is 20.1 Å². The number of nitrogens with zero attached hydrogens (tertiary/aromatic N) is 4. The third-order valence-corrected chi connectivity index (χ3v) is 7.55. The minimum atomic E-state index is -0.185. The first-order chi connectivity index (χ1) is 19.6. The topological polar surface area (TPSA) is 75.1 Å². The summed E-state index contributed by atoms with van der Waals surface area (Å²) in [7, 11) is 0. The van der Waals surface area contributed by atoms with E-state index in [1.54, 1.807) is 40.9 Å². The molecule has 0 aliphatic heterocycles. The average Bonchev–Trinajstić information content (AvgIpc) is 3.66. The van der Waals surface area contributed by atoms with E-state index in [4.69, 9.17) is 16.6 Å². The quantitative estimate of drug-likeness (QED) is 0.168. The summed E-state index contributed by atoms with van der Waals surface area (Å²) < 4.78 is 2.01. The van der Waals surface area contributed by atoms with Crippen molar-refractivity contribution in [2.75, 3.05) is 11.9 Å². The Bertz CT molecular complexity index is 1490. The van der Waals surface area contributed by atoms with Crippen molar-refractivity contribution in [2.24, 2.45) is 0 Å². The fraction of sp³-hybridized carbons (Fsp3) is 0.194. The fourth-order valence-corrected chi connectivity index (χ4v) is 5.31. The van der Waals surface area contributed by atoms with Crippen LogP contribution in [-0.2, 0) is 26.2 Å². The molecule has 40 heavy (non-hydrogen) atoms. The molecule has 0 saturated carbocycles. The molecule has 0 radical (unpaired) electrons. The molecule has 9 heteroatoms. The highest BCUT2D eigenvalue weighted by Gasteiger charge is 2.17. The predicted octanol–water partition coefficient (Wildman–Crippen LogP) is 7.07. The lowest BCUT2D eigenvalue weighted by molar-refractivity contribution is 0.206. The molecule has 0 spiro atoms. The van der Waals surface area contributed by atoms with Gasteiger partial charge in [-0.2, -0.15) is 0 Å². The van der Waals surface area contributed by atoms with Gasteiger partial charge in [-0.25, -0.2) is 14.8 Å². The van der Waals surface area contributed by atoms with E-state index in [0.717, 1.165) is 42.3 Å². The van der Waals surface area contributed by atoms with Gasteiger partial charge in [-0.05, 0) is 35.7 Å². The molecule has 0 saturated heterocycles. The molecule has 5 aromatic rings. The van der Waals surface area contributed by atoms with Crippen molar-refractivity contribution in [3.05, 3.63) is 125 Å². The zero-order valence-electron chi connectivity index (χ0n) is 22.0. The zero-order chi connectivity index (χ0) is 27.6. The lowest BCUT2D eigenvalue weighted by Gasteiger charge is -2.22. The second kappa shape index (κ2) is 13.9. The number of hydrogen-bond donors (Lipinski definition) is 2. The molecule has 0 bridgehead atoms. The second-order valence-corrected chi connectivity index (χ2v) is 10.7. The largest absolute Gasteiger partial charge is 0.337 e. The van der Waals surface area contributed by atoms with E-state index in [0.29, 0.717) is 23.8 Å². The Labute approximate surface area is 243 Å². The van der Waals surface area contributed by atoms with Gasteiger partial charge in [-0.15, -0.1) is 11.3 Å². The van der Waals surface area contributed by atoms with Crippen molar-refractivity contribution in [1.82, 2.24) is 24.8 Å². The molecule has 7 nitrogen and oxygen atoms in total. The summed E-state index contributed by atoms with van der Waals surface area (Å²) in [5, 5.41) is 10.0. The van der Waals surface area contributed by atoms with Gasteiger partial charge in [-0.3, -0.25) is 0 Å². The Morgan fingerprint density at radius 1 is 0.975 bits per heavy atom. The molecule has 3 aromatic carbocycles. The van der Waals surface area contributed by atoms with Crippen LogP contribution in [0, 0.1) is 0 Å². The summed E-state index contributed by atoms with van der Waals surface area (Å²) in [5.74, 6) is 0. The van der Waals surface area contributed by atoms with Crippen LogP contribution in [0.5, 0.6) is 0 Å². The molecule has 2 aromatic heterocycles. The van der Waals surface area contributed by atoms with Gasteiger partial charge in [0.1, 0.15) is 5.01 Å². The van der Waals surface area contributed by atoms with E-state index in [1.165, 1.54) is 11.1 Å². The maximum absolute atomic E-state index is 13.2. The van der Waals surface area contributed by atoms with E-state index in [-0.39, 0.29) is 6.03 Å². The van der Waals surface area contributed by atoms with Crippen LogP contribution in [0.25, 0.3) is 10.6 Å².